The molecular weight excluding hydrogens is 370 g/mol. The quantitative estimate of drug-likeness (QED) is 0.798. The number of aromatic nitrogens is 1. The summed E-state index contributed by atoms with van der Waals surface area (Å²) < 4.78 is 1.91. The van der Waals surface area contributed by atoms with E-state index in [2.05, 4.69) is 54.7 Å². The Bertz CT molecular complexity index is 587. The smallest absolute Gasteiger partial charge is 0.143 e. The van der Waals surface area contributed by atoms with Crippen LogP contribution in [-0.2, 0) is 0 Å². The molecule has 1 atom stereocenters. The minimum absolute atomic E-state index is 0.188. The lowest BCUT2D eigenvalue weighted by molar-refractivity contribution is 0.727. The highest BCUT2D eigenvalue weighted by molar-refractivity contribution is 9.11. The molecule has 0 radical (unpaired) electrons. The summed E-state index contributed by atoms with van der Waals surface area (Å²) in [6.45, 7) is 2.13. The maximum absolute atomic E-state index is 5.84. The van der Waals surface area contributed by atoms with Crippen LogP contribution in [0.3, 0.4) is 0 Å². The minimum Gasteiger partial charge on any atom is -0.399 e. The van der Waals surface area contributed by atoms with E-state index in [4.69, 9.17) is 5.73 Å². The molecule has 2 N–H and O–H groups in total. The van der Waals surface area contributed by atoms with Gasteiger partial charge in [0.05, 0.1) is 10.5 Å². The van der Waals surface area contributed by atoms with Gasteiger partial charge in [-0.3, -0.25) is 0 Å². The second-order valence-electron chi connectivity index (χ2n) is 4.42. The van der Waals surface area contributed by atoms with Crippen molar-refractivity contribution in [3.63, 3.8) is 0 Å². The summed E-state index contributed by atoms with van der Waals surface area (Å²) in [7, 11) is 2.02. The van der Waals surface area contributed by atoms with Crippen molar-refractivity contribution in [3.05, 3.63) is 51.0 Å². The van der Waals surface area contributed by atoms with Gasteiger partial charge in [0.25, 0.3) is 0 Å². The van der Waals surface area contributed by atoms with E-state index in [-0.39, 0.29) is 6.04 Å². The van der Waals surface area contributed by atoms with Gasteiger partial charge in [-0.2, -0.15) is 0 Å². The summed E-state index contributed by atoms with van der Waals surface area (Å²) in [5, 5.41) is 0. The van der Waals surface area contributed by atoms with Crippen LogP contribution < -0.4 is 10.6 Å². The number of hydrogen-bond donors (Lipinski definition) is 1. The van der Waals surface area contributed by atoms with E-state index < -0.39 is 0 Å². The second kappa shape index (κ2) is 5.92. The number of hydrogen-bond acceptors (Lipinski definition) is 3. The molecule has 5 heteroatoms. The monoisotopic (exact) mass is 383 g/mol. The first kappa shape index (κ1) is 14.3. The van der Waals surface area contributed by atoms with Crippen molar-refractivity contribution in [2.24, 2.45) is 0 Å². The van der Waals surface area contributed by atoms with Gasteiger partial charge in [-0.1, -0.05) is 12.1 Å². The van der Waals surface area contributed by atoms with Crippen molar-refractivity contribution in [3.8, 4) is 0 Å². The van der Waals surface area contributed by atoms with Crippen LogP contribution in [0, 0.1) is 0 Å². The van der Waals surface area contributed by atoms with Crippen molar-refractivity contribution < 1.29 is 0 Å². The lowest BCUT2D eigenvalue weighted by Gasteiger charge is -2.27. The van der Waals surface area contributed by atoms with Gasteiger partial charge in [-0.15, -0.1) is 0 Å². The molecule has 2 aromatic rings. The standard InChI is InChI=1S/C14H15Br2N3/c1-9(10-4-3-5-12(17)6-10)19(2)14-13(16)7-11(15)8-18-14/h3-9H,17H2,1-2H3. The first-order chi connectivity index (χ1) is 8.99. The van der Waals surface area contributed by atoms with Crippen LogP contribution in [-0.4, -0.2) is 12.0 Å². The zero-order valence-electron chi connectivity index (χ0n) is 10.8. The van der Waals surface area contributed by atoms with Gasteiger partial charge in [0.1, 0.15) is 5.82 Å². The van der Waals surface area contributed by atoms with E-state index >= 15 is 0 Å². The lowest BCUT2D eigenvalue weighted by atomic mass is 10.1. The third kappa shape index (κ3) is 3.28. The van der Waals surface area contributed by atoms with Crippen LogP contribution in [0.2, 0.25) is 0 Å². The Balaban J connectivity index is 2.30. The summed E-state index contributed by atoms with van der Waals surface area (Å²) in [4.78, 5) is 6.56. The molecule has 3 nitrogen and oxygen atoms in total. The Morgan fingerprint density at radius 3 is 2.63 bits per heavy atom. The Morgan fingerprint density at radius 2 is 2.00 bits per heavy atom. The number of anilines is 2. The molecule has 0 saturated heterocycles. The minimum atomic E-state index is 0.188. The summed E-state index contributed by atoms with van der Waals surface area (Å²) in [5.41, 5.74) is 7.78. The predicted molar refractivity (Wildman–Crippen MR) is 87.3 cm³/mol. The second-order valence-corrected chi connectivity index (χ2v) is 6.19. The van der Waals surface area contributed by atoms with Gasteiger partial charge in [0, 0.05) is 23.4 Å². The summed E-state index contributed by atoms with van der Waals surface area (Å²) in [6.07, 6.45) is 1.79. The summed E-state index contributed by atoms with van der Waals surface area (Å²) in [6, 6.07) is 10.1. The third-order valence-corrected chi connectivity index (χ3v) is 4.11. The molecule has 100 valence electrons. The zero-order valence-corrected chi connectivity index (χ0v) is 13.9. The Hall–Kier alpha value is -1.07. The highest BCUT2D eigenvalue weighted by atomic mass is 79.9. The molecule has 0 saturated carbocycles. The van der Waals surface area contributed by atoms with Crippen molar-refractivity contribution in [2.75, 3.05) is 17.7 Å². The average Bonchev–Trinajstić information content (AvgIpc) is 2.37. The molecule has 1 aromatic heterocycles. The zero-order chi connectivity index (χ0) is 14.0. The van der Waals surface area contributed by atoms with Crippen molar-refractivity contribution in [1.82, 2.24) is 4.98 Å². The predicted octanol–water partition coefficient (Wildman–Crippen LogP) is 4.39. The molecule has 0 aliphatic rings. The molecule has 0 fully saturated rings. The van der Waals surface area contributed by atoms with Gasteiger partial charge in [-0.05, 0) is 62.5 Å². The van der Waals surface area contributed by atoms with Crippen LogP contribution in [0.5, 0.6) is 0 Å². The molecule has 0 bridgehead atoms. The van der Waals surface area contributed by atoms with E-state index in [1.165, 1.54) is 5.56 Å². The Kier molecular flexibility index (Phi) is 4.47. The normalized spacial score (nSPS) is 12.2. The molecule has 1 unspecified atom stereocenters. The van der Waals surface area contributed by atoms with E-state index in [0.29, 0.717) is 0 Å². The van der Waals surface area contributed by atoms with E-state index in [9.17, 15) is 0 Å². The van der Waals surface area contributed by atoms with Crippen molar-refractivity contribution >= 4 is 43.4 Å². The van der Waals surface area contributed by atoms with Gasteiger partial charge in [-0.25, -0.2) is 4.98 Å². The largest absolute Gasteiger partial charge is 0.399 e. The van der Waals surface area contributed by atoms with E-state index in [1.807, 2.05) is 31.3 Å². The molecule has 0 amide bonds. The Labute approximate surface area is 130 Å². The first-order valence-electron chi connectivity index (χ1n) is 5.88. The fraction of sp³-hybridized carbons (Fsp3) is 0.214. The highest BCUT2D eigenvalue weighted by Crippen LogP contribution is 2.31. The average molecular weight is 385 g/mol. The van der Waals surface area contributed by atoms with Crippen LogP contribution in [0.25, 0.3) is 0 Å². The summed E-state index contributed by atoms with van der Waals surface area (Å²) in [5.74, 6) is 0.901. The number of pyridine rings is 1. The van der Waals surface area contributed by atoms with E-state index in [1.54, 1.807) is 6.20 Å². The molecule has 1 heterocycles. The van der Waals surface area contributed by atoms with Crippen LogP contribution in [0.4, 0.5) is 11.5 Å². The molecule has 2 rings (SSSR count). The number of nitrogens with zero attached hydrogens (tertiary/aromatic N) is 2. The van der Waals surface area contributed by atoms with Crippen molar-refractivity contribution in [2.45, 2.75) is 13.0 Å². The first-order valence-corrected chi connectivity index (χ1v) is 7.47. The van der Waals surface area contributed by atoms with Crippen LogP contribution in [0.15, 0.2) is 45.5 Å². The number of rotatable bonds is 3. The van der Waals surface area contributed by atoms with Crippen molar-refractivity contribution in [1.29, 1.82) is 0 Å². The maximum atomic E-state index is 5.84. The lowest BCUT2D eigenvalue weighted by Crippen LogP contribution is -2.23. The number of nitrogens with two attached hydrogens (primary N) is 1. The molecule has 19 heavy (non-hydrogen) atoms. The fourth-order valence-corrected chi connectivity index (χ4v) is 3.16. The van der Waals surface area contributed by atoms with Crippen LogP contribution >= 0.6 is 31.9 Å². The highest BCUT2D eigenvalue weighted by Gasteiger charge is 2.16. The molecule has 0 spiro atoms. The van der Waals surface area contributed by atoms with E-state index in [0.717, 1.165) is 20.5 Å². The van der Waals surface area contributed by atoms with Gasteiger partial charge >= 0.3 is 0 Å². The Morgan fingerprint density at radius 1 is 1.26 bits per heavy atom. The van der Waals surface area contributed by atoms with Gasteiger partial charge in [0.2, 0.25) is 0 Å². The number of nitrogen functional groups attached to an aromatic ring is 1. The fourth-order valence-electron chi connectivity index (χ4n) is 1.89. The molecular formula is C14H15Br2N3. The van der Waals surface area contributed by atoms with Gasteiger partial charge in [0.15, 0.2) is 0 Å². The maximum Gasteiger partial charge on any atom is 0.143 e. The molecule has 0 aliphatic carbocycles. The number of benzene rings is 1. The third-order valence-electron chi connectivity index (χ3n) is 3.10. The van der Waals surface area contributed by atoms with Crippen LogP contribution in [0.1, 0.15) is 18.5 Å². The van der Waals surface area contributed by atoms with Gasteiger partial charge < -0.3 is 10.6 Å². The SMILES string of the molecule is CC(c1cccc(N)c1)N(C)c1ncc(Br)cc1Br. The molecule has 1 aromatic carbocycles. The molecule has 0 aliphatic heterocycles. The topological polar surface area (TPSA) is 42.1 Å². The summed E-state index contributed by atoms with van der Waals surface area (Å²) >= 11 is 6.95. The number of halogens is 2.